The first kappa shape index (κ1) is 20.2. The lowest BCUT2D eigenvalue weighted by Gasteiger charge is -2.08. The van der Waals surface area contributed by atoms with Crippen LogP contribution in [0.5, 0.6) is 5.75 Å². The normalized spacial score (nSPS) is 11.1. The van der Waals surface area contributed by atoms with E-state index < -0.39 is 0 Å². The van der Waals surface area contributed by atoms with E-state index >= 15 is 0 Å². The minimum Gasteiger partial charge on any atom is -0.618 e. The van der Waals surface area contributed by atoms with E-state index in [9.17, 15) is 14.8 Å². The molecule has 0 aliphatic heterocycles. The van der Waals surface area contributed by atoms with Gasteiger partial charge in [-0.25, -0.2) is 4.79 Å². The van der Waals surface area contributed by atoms with Crippen molar-refractivity contribution in [2.75, 3.05) is 13.2 Å². The third-order valence-corrected chi connectivity index (χ3v) is 3.82. The van der Waals surface area contributed by atoms with Crippen molar-refractivity contribution in [1.29, 1.82) is 0 Å². The number of ether oxygens (including phenoxy) is 2. The van der Waals surface area contributed by atoms with Gasteiger partial charge in [-0.3, -0.25) is 4.79 Å². The van der Waals surface area contributed by atoms with Gasteiger partial charge in [0.2, 0.25) is 5.69 Å². The van der Waals surface area contributed by atoms with Gasteiger partial charge in [0.1, 0.15) is 5.75 Å². The fourth-order valence-corrected chi connectivity index (χ4v) is 2.39. The molecule has 0 bridgehead atoms. The number of carbonyl (C=O) groups is 2. The zero-order valence-corrected chi connectivity index (χ0v) is 15.5. The molecule has 27 heavy (non-hydrogen) atoms. The van der Waals surface area contributed by atoms with E-state index in [2.05, 4.69) is 0 Å². The Morgan fingerprint density at radius 1 is 1.15 bits per heavy atom. The standard InChI is InChI=1S/C21H23NO5/c1-3-5-12-27-21(24)17-8-6-16(7-9-17)14-22(25)20-11-10-19(26-4-2)13-18(20)15-23/h6-11,13-15H,3-5,12H2,1-2H3. The Bertz CT molecular complexity index is 812. The van der Waals surface area contributed by atoms with E-state index in [0.717, 1.165) is 12.8 Å². The summed E-state index contributed by atoms with van der Waals surface area (Å²) in [4.78, 5) is 23.2. The molecule has 142 valence electrons. The van der Waals surface area contributed by atoms with Gasteiger partial charge in [0, 0.05) is 11.6 Å². The molecule has 0 N–H and O–H groups in total. The summed E-state index contributed by atoms with van der Waals surface area (Å²) in [5.74, 6) is 0.145. The lowest BCUT2D eigenvalue weighted by molar-refractivity contribution is -0.354. The maximum Gasteiger partial charge on any atom is 0.338 e. The lowest BCUT2D eigenvalue weighted by Crippen LogP contribution is -2.07. The summed E-state index contributed by atoms with van der Waals surface area (Å²) in [7, 11) is 0. The molecule has 2 aromatic carbocycles. The summed E-state index contributed by atoms with van der Waals surface area (Å²) in [6.45, 7) is 4.72. The average molecular weight is 369 g/mol. The number of nitrogens with zero attached hydrogens (tertiary/aromatic N) is 1. The molecule has 0 heterocycles. The quantitative estimate of drug-likeness (QED) is 0.126. The molecule has 0 fully saturated rings. The molecule has 6 heteroatoms. The maximum absolute atomic E-state index is 12.4. The molecule has 0 aliphatic rings. The number of aldehydes is 1. The van der Waals surface area contributed by atoms with Crippen LogP contribution < -0.4 is 4.74 Å². The molecule has 0 saturated carbocycles. The summed E-state index contributed by atoms with van der Waals surface area (Å²) >= 11 is 0. The average Bonchev–Trinajstić information content (AvgIpc) is 2.68. The van der Waals surface area contributed by atoms with E-state index in [0.29, 0.717) is 41.1 Å². The highest BCUT2D eigenvalue weighted by Crippen LogP contribution is 2.23. The van der Waals surface area contributed by atoms with Gasteiger partial charge in [-0.15, -0.1) is 0 Å². The number of carbonyl (C=O) groups excluding carboxylic acids is 2. The van der Waals surface area contributed by atoms with Crippen LogP contribution in [0.3, 0.4) is 0 Å². The van der Waals surface area contributed by atoms with Crippen LogP contribution in [-0.2, 0) is 4.74 Å². The van der Waals surface area contributed by atoms with Gasteiger partial charge in [-0.2, -0.15) is 4.74 Å². The molecule has 0 amide bonds. The number of rotatable bonds is 9. The van der Waals surface area contributed by atoms with Crippen LogP contribution in [0, 0.1) is 5.21 Å². The highest BCUT2D eigenvalue weighted by Gasteiger charge is 2.12. The number of benzene rings is 2. The summed E-state index contributed by atoms with van der Waals surface area (Å²) in [6, 6.07) is 11.2. The highest BCUT2D eigenvalue weighted by atomic mass is 16.5. The molecule has 0 spiro atoms. The van der Waals surface area contributed by atoms with E-state index in [4.69, 9.17) is 9.47 Å². The van der Waals surface area contributed by atoms with Gasteiger partial charge < -0.3 is 14.7 Å². The Morgan fingerprint density at radius 3 is 2.52 bits per heavy atom. The zero-order valence-electron chi connectivity index (χ0n) is 15.5. The number of hydrogen-bond donors (Lipinski definition) is 0. The van der Waals surface area contributed by atoms with E-state index in [1.807, 2.05) is 13.8 Å². The fraction of sp³-hybridized carbons (Fsp3) is 0.286. The second-order valence-corrected chi connectivity index (χ2v) is 5.84. The van der Waals surface area contributed by atoms with Crippen LogP contribution in [0.1, 0.15) is 53.0 Å². The second kappa shape index (κ2) is 10.1. The monoisotopic (exact) mass is 369 g/mol. The maximum atomic E-state index is 12.4. The summed E-state index contributed by atoms with van der Waals surface area (Å²) in [5, 5.41) is 12.4. The molecule has 2 aromatic rings. The smallest absolute Gasteiger partial charge is 0.338 e. The Morgan fingerprint density at radius 2 is 1.89 bits per heavy atom. The van der Waals surface area contributed by atoms with E-state index in [1.165, 1.54) is 18.3 Å². The van der Waals surface area contributed by atoms with Crippen LogP contribution in [0.2, 0.25) is 0 Å². The van der Waals surface area contributed by atoms with Crippen molar-refractivity contribution in [3.05, 3.63) is 64.4 Å². The first-order valence-electron chi connectivity index (χ1n) is 8.89. The van der Waals surface area contributed by atoms with Crippen molar-refractivity contribution in [2.45, 2.75) is 26.7 Å². The van der Waals surface area contributed by atoms with Crippen LogP contribution in [0.15, 0.2) is 42.5 Å². The molecular weight excluding hydrogens is 346 g/mol. The Hall–Kier alpha value is -3.15. The predicted molar refractivity (Wildman–Crippen MR) is 103 cm³/mol. The van der Waals surface area contributed by atoms with Crippen molar-refractivity contribution < 1.29 is 23.8 Å². The van der Waals surface area contributed by atoms with Crippen LogP contribution in [0.25, 0.3) is 0 Å². The molecular formula is C21H23NO5. The van der Waals surface area contributed by atoms with Crippen molar-refractivity contribution in [3.63, 3.8) is 0 Å². The molecule has 0 atom stereocenters. The summed E-state index contributed by atoms with van der Waals surface area (Å²) < 4.78 is 11.1. The van der Waals surface area contributed by atoms with Crippen molar-refractivity contribution in [1.82, 2.24) is 0 Å². The molecule has 6 nitrogen and oxygen atoms in total. The SMILES string of the molecule is CCCCOC(=O)c1ccc(C=[N+]([O-])c2ccc(OCC)cc2C=O)cc1. The summed E-state index contributed by atoms with van der Waals surface area (Å²) in [5.41, 5.74) is 1.48. The van der Waals surface area contributed by atoms with Crippen molar-refractivity contribution in [3.8, 4) is 5.75 Å². The first-order chi connectivity index (χ1) is 13.1. The van der Waals surface area contributed by atoms with Gasteiger partial charge >= 0.3 is 5.97 Å². The Kier molecular flexibility index (Phi) is 7.55. The van der Waals surface area contributed by atoms with Gasteiger partial charge in [-0.05, 0) is 49.7 Å². The predicted octanol–water partition coefficient (Wildman–Crippen LogP) is 4.12. The van der Waals surface area contributed by atoms with E-state index in [1.54, 1.807) is 30.3 Å². The molecule has 0 aromatic heterocycles. The number of esters is 1. The Labute approximate surface area is 158 Å². The molecule has 0 aliphatic carbocycles. The molecule has 2 rings (SSSR count). The third-order valence-electron chi connectivity index (χ3n) is 3.82. The first-order valence-corrected chi connectivity index (χ1v) is 8.89. The van der Waals surface area contributed by atoms with Crippen molar-refractivity contribution in [2.24, 2.45) is 0 Å². The van der Waals surface area contributed by atoms with Gasteiger partial charge in [0.25, 0.3) is 0 Å². The number of unbranched alkanes of at least 4 members (excludes halogenated alkanes) is 1. The van der Waals surface area contributed by atoms with Gasteiger partial charge in [0.05, 0.1) is 24.3 Å². The van der Waals surface area contributed by atoms with Crippen molar-refractivity contribution >= 4 is 24.2 Å². The largest absolute Gasteiger partial charge is 0.618 e. The minimum atomic E-state index is -0.385. The minimum absolute atomic E-state index is 0.219. The zero-order chi connectivity index (χ0) is 19.6. The van der Waals surface area contributed by atoms with Crippen LogP contribution in [-0.4, -0.2) is 36.4 Å². The summed E-state index contributed by atoms with van der Waals surface area (Å²) in [6.07, 6.45) is 3.74. The topological polar surface area (TPSA) is 78.7 Å². The fourth-order valence-electron chi connectivity index (χ4n) is 2.39. The van der Waals surface area contributed by atoms with Gasteiger partial charge in [-0.1, -0.05) is 13.3 Å². The van der Waals surface area contributed by atoms with Crippen LogP contribution >= 0.6 is 0 Å². The van der Waals surface area contributed by atoms with Crippen LogP contribution in [0.4, 0.5) is 5.69 Å². The lowest BCUT2D eigenvalue weighted by atomic mass is 10.1. The molecule has 0 unspecified atom stereocenters. The molecule has 0 radical (unpaired) electrons. The molecule has 0 saturated heterocycles. The second-order valence-electron chi connectivity index (χ2n) is 5.84. The highest BCUT2D eigenvalue weighted by molar-refractivity contribution is 5.90. The third kappa shape index (κ3) is 5.67. The number of hydrogen-bond acceptors (Lipinski definition) is 5. The van der Waals surface area contributed by atoms with Gasteiger partial charge in [0.15, 0.2) is 12.5 Å². The van der Waals surface area contributed by atoms with E-state index in [-0.39, 0.29) is 17.2 Å². The Balaban J connectivity index is 2.16.